The zero-order valence-corrected chi connectivity index (χ0v) is 35.5. The lowest BCUT2D eigenvalue weighted by molar-refractivity contribution is -0.161. The minimum atomic E-state index is -1.81. The number of carboxylic acid groups (broad SMARTS) is 3. The third-order valence-electron chi connectivity index (χ3n) is 10.5. The summed E-state index contributed by atoms with van der Waals surface area (Å²) in [5.41, 5.74) is 14.8. The summed E-state index contributed by atoms with van der Waals surface area (Å²) in [4.78, 5) is 98.1. The quantitative estimate of drug-likeness (QED) is 0.0268. The van der Waals surface area contributed by atoms with Crippen molar-refractivity contribution in [2.45, 2.75) is 76.5 Å². The van der Waals surface area contributed by atoms with Crippen LogP contribution in [0.3, 0.4) is 0 Å². The van der Waals surface area contributed by atoms with Gasteiger partial charge in [0.15, 0.2) is 0 Å². The Balaban J connectivity index is 1.93. The highest BCUT2D eigenvalue weighted by Gasteiger charge is 2.60. The van der Waals surface area contributed by atoms with Crippen LogP contribution in [0.5, 0.6) is 0 Å². The van der Waals surface area contributed by atoms with Crippen molar-refractivity contribution in [3.63, 3.8) is 0 Å². The van der Waals surface area contributed by atoms with Gasteiger partial charge in [0.25, 0.3) is 5.91 Å². The minimum Gasteiger partial charge on any atom is -0.481 e. The molecule has 0 radical (unpaired) electrons. The van der Waals surface area contributed by atoms with E-state index in [0.717, 1.165) is 52.3 Å². The first-order valence-corrected chi connectivity index (χ1v) is 21.8. The fourth-order valence-corrected chi connectivity index (χ4v) is 11.2. The summed E-state index contributed by atoms with van der Waals surface area (Å²) in [6.07, 6.45) is -1.72. The maximum absolute atomic E-state index is 15.2. The number of amides is 3. The number of rotatable bonds is 22. The fraction of sp³-hybridized carbons (Fsp3) is 0.583. The number of carbonyl (C=O) groups excluding carboxylic acids is 3. The van der Waals surface area contributed by atoms with Crippen molar-refractivity contribution in [2.75, 3.05) is 36.9 Å². The summed E-state index contributed by atoms with van der Waals surface area (Å²) in [6.45, 7) is 4.31. The Morgan fingerprint density at radius 3 is 1.48 bits per heavy atom. The molecule has 9 atom stereocenters. The highest BCUT2D eigenvalue weighted by molar-refractivity contribution is 8.03. The van der Waals surface area contributed by atoms with E-state index in [0.29, 0.717) is 10.7 Å². The van der Waals surface area contributed by atoms with Crippen LogP contribution in [0.1, 0.15) is 40.0 Å². The molecule has 1 fully saturated rings. The molecule has 0 aliphatic carbocycles. The molecule has 330 valence electrons. The summed E-state index contributed by atoms with van der Waals surface area (Å²) < 4.78 is 0. The molecule has 12 N–H and O–H groups in total. The second-order valence-electron chi connectivity index (χ2n) is 14.2. The molecule has 4 rings (SSSR count). The van der Waals surface area contributed by atoms with Crippen molar-refractivity contribution in [2.24, 2.45) is 49.9 Å². The van der Waals surface area contributed by atoms with Gasteiger partial charge in [0, 0.05) is 51.2 Å². The number of aliphatic hydroxyl groups is 3. The van der Waals surface area contributed by atoms with Crippen molar-refractivity contribution < 1.29 is 59.4 Å². The number of aliphatic hydroxyl groups excluding tert-OH is 3. The van der Waals surface area contributed by atoms with Crippen molar-refractivity contribution in [3.8, 4) is 0 Å². The molecule has 0 aromatic carbocycles. The van der Waals surface area contributed by atoms with Gasteiger partial charge in [-0.05, 0) is 20.8 Å². The van der Waals surface area contributed by atoms with Crippen LogP contribution in [0.15, 0.2) is 46.8 Å². The van der Waals surface area contributed by atoms with E-state index < -0.39 is 101 Å². The Labute approximate surface area is 358 Å². The number of nitrogens with two attached hydrogens (primary N) is 3. The molecular formula is C36H51N9O12S3. The molecule has 60 heavy (non-hydrogen) atoms. The van der Waals surface area contributed by atoms with Crippen LogP contribution in [0.2, 0.25) is 0 Å². The van der Waals surface area contributed by atoms with Gasteiger partial charge in [0.1, 0.15) is 23.0 Å². The highest BCUT2D eigenvalue weighted by atomic mass is 32.2. The third kappa shape index (κ3) is 9.94. The SMILES string of the molecule is CC(O)C(C(=O)N1C(C(=O)O)=C(SCCN=CN)CC1C(C(=O)O)C(C)O)C1CC(SCCN=CN)=C(C(=O)O)N1C(=O)C1=C(SCCN=CN)CC2C(C(C)O)C(=O)N12. The molecule has 0 saturated carbocycles. The van der Waals surface area contributed by atoms with Gasteiger partial charge in [0.05, 0.1) is 86.9 Å². The Morgan fingerprint density at radius 2 is 1.10 bits per heavy atom. The molecule has 24 heteroatoms. The number of fused-ring (bicyclic) bond motifs is 1. The molecule has 0 aromatic rings. The molecule has 3 amide bonds. The maximum Gasteiger partial charge on any atom is 0.353 e. The van der Waals surface area contributed by atoms with E-state index in [1.807, 2.05) is 0 Å². The summed E-state index contributed by atoms with van der Waals surface area (Å²) in [5.74, 6) is -11.3. The van der Waals surface area contributed by atoms with Gasteiger partial charge in [-0.15, -0.1) is 35.3 Å². The van der Waals surface area contributed by atoms with Gasteiger partial charge in [-0.2, -0.15) is 0 Å². The average Bonchev–Trinajstić information content (AvgIpc) is 3.83. The van der Waals surface area contributed by atoms with Gasteiger partial charge in [0.2, 0.25) is 11.8 Å². The summed E-state index contributed by atoms with van der Waals surface area (Å²) >= 11 is 3.16. The van der Waals surface area contributed by atoms with Crippen LogP contribution in [0.4, 0.5) is 0 Å². The Bertz CT molecular complexity index is 1890. The smallest absolute Gasteiger partial charge is 0.353 e. The van der Waals surface area contributed by atoms with Gasteiger partial charge < -0.3 is 57.6 Å². The lowest BCUT2D eigenvalue weighted by Crippen LogP contribution is -2.63. The summed E-state index contributed by atoms with van der Waals surface area (Å²) in [5, 5.41) is 64.3. The topological polar surface area (TPSA) is 349 Å². The molecule has 4 heterocycles. The number of aliphatic carboxylic acids is 3. The van der Waals surface area contributed by atoms with Crippen molar-refractivity contribution in [3.05, 3.63) is 31.8 Å². The Hall–Kier alpha value is -4.62. The van der Waals surface area contributed by atoms with Crippen LogP contribution in [0, 0.1) is 17.8 Å². The predicted molar refractivity (Wildman–Crippen MR) is 225 cm³/mol. The van der Waals surface area contributed by atoms with Crippen molar-refractivity contribution in [1.82, 2.24) is 14.7 Å². The van der Waals surface area contributed by atoms with Gasteiger partial charge >= 0.3 is 17.9 Å². The third-order valence-corrected chi connectivity index (χ3v) is 13.7. The van der Waals surface area contributed by atoms with E-state index >= 15 is 9.59 Å². The largest absolute Gasteiger partial charge is 0.481 e. The Morgan fingerprint density at radius 1 is 0.683 bits per heavy atom. The average molecular weight is 898 g/mol. The number of hydrogen-bond donors (Lipinski definition) is 9. The molecule has 21 nitrogen and oxygen atoms in total. The zero-order chi connectivity index (χ0) is 44.6. The van der Waals surface area contributed by atoms with E-state index in [4.69, 9.17) is 17.2 Å². The predicted octanol–water partition coefficient (Wildman–Crippen LogP) is -1.16. The number of hydrogen-bond acceptors (Lipinski definition) is 15. The van der Waals surface area contributed by atoms with Gasteiger partial charge in [-0.25, -0.2) is 9.59 Å². The molecule has 0 bridgehead atoms. The molecule has 0 aromatic heterocycles. The molecule has 4 aliphatic heterocycles. The van der Waals surface area contributed by atoms with E-state index in [1.165, 1.54) is 37.4 Å². The van der Waals surface area contributed by atoms with Crippen LogP contribution < -0.4 is 17.2 Å². The van der Waals surface area contributed by atoms with Gasteiger partial charge in [-0.3, -0.25) is 39.1 Å². The fourth-order valence-electron chi connectivity index (χ4n) is 8.06. The number of carboxylic acids is 3. The first-order valence-electron chi connectivity index (χ1n) is 18.9. The number of nitrogens with zero attached hydrogens (tertiary/aromatic N) is 6. The van der Waals surface area contributed by atoms with E-state index in [9.17, 15) is 49.8 Å². The van der Waals surface area contributed by atoms with Crippen LogP contribution in [-0.4, -0.2) is 173 Å². The number of aliphatic imine (C=N–C) groups is 3. The molecule has 4 aliphatic rings. The number of carbonyl (C=O) groups is 6. The highest BCUT2D eigenvalue weighted by Crippen LogP contribution is 2.50. The van der Waals surface area contributed by atoms with Crippen molar-refractivity contribution in [1.29, 1.82) is 0 Å². The molecule has 9 unspecified atom stereocenters. The Kier molecular flexibility index (Phi) is 17.0. The lowest BCUT2D eigenvalue weighted by Gasteiger charge is -2.46. The monoisotopic (exact) mass is 897 g/mol. The first kappa shape index (κ1) is 48.1. The van der Waals surface area contributed by atoms with E-state index in [2.05, 4.69) is 15.0 Å². The molecule has 0 spiro atoms. The number of β-lactam (4-membered cyclic amide) rings is 1. The van der Waals surface area contributed by atoms with E-state index in [1.54, 1.807) is 0 Å². The lowest BCUT2D eigenvalue weighted by atomic mass is 9.83. The summed E-state index contributed by atoms with van der Waals surface area (Å²) in [6, 6.07) is -3.70. The summed E-state index contributed by atoms with van der Waals surface area (Å²) in [7, 11) is 0. The molecule has 1 saturated heterocycles. The van der Waals surface area contributed by atoms with Crippen LogP contribution in [0.25, 0.3) is 0 Å². The molecular weight excluding hydrogens is 847 g/mol. The normalized spacial score (nSPS) is 24.5. The second-order valence-corrected chi connectivity index (χ2v) is 17.7. The standard InChI is InChI=1S/C36H51N9O12S3/c1-16(46)25-19-10-22(58-7-4-40-13-37)28(43(19)31(25)49)33(51)45-20(11-23(30(45)36(56)57)59-8-5-41-14-38)26(17(2)47)32(50)44-21(27(18(3)48)34(52)53)12-24(29(44)35(54)55)60-9-6-42-15-39/h13-21,25-27,46-48H,4-12H2,1-3H3,(H2,37,40)(H2,38,41)(H2,39,42)(H,52,53)(H,54,55)(H,56,57). The van der Waals surface area contributed by atoms with E-state index in [-0.39, 0.29) is 65.9 Å². The van der Waals surface area contributed by atoms with Crippen molar-refractivity contribution >= 4 is 89.9 Å². The maximum atomic E-state index is 15.2. The first-order chi connectivity index (χ1) is 28.5. The number of thioether (sulfide) groups is 3. The van der Waals surface area contributed by atoms with Crippen LogP contribution in [-0.2, 0) is 28.8 Å². The second kappa shape index (κ2) is 21.3. The minimum absolute atomic E-state index is 0.0801. The van der Waals surface area contributed by atoms with Gasteiger partial charge in [-0.1, -0.05) is 0 Å². The zero-order valence-electron chi connectivity index (χ0n) is 33.1. The van der Waals surface area contributed by atoms with Crippen LogP contribution >= 0.6 is 35.3 Å².